The summed E-state index contributed by atoms with van der Waals surface area (Å²) in [5.74, 6) is 0. The first-order valence-corrected chi connectivity index (χ1v) is 6.36. The molecule has 1 unspecified atom stereocenters. The largest absolute Gasteiger partial charge is 0.312 e. The molecule has 0 aliphatic rings. The molecule has 1 aromatic heterocycles. The monoisotopic (exact) mass is 263 g/mol. The van der Waals surface area contributed by atoms with Crippen molar-refractivity contribution in [1.29, 1.82) is 0 Å². The first kappa shape index (κ1) is 13.8. The zero-order valence-corrected chi connectivity index (χ0v) is 11.6. The van der Waals surface area contributed by atoms with E-state index in [0.717, 1.165) is 42.3 Å². The summed E-state index contributed by atoms with van der Waals surface area (Å²) in [6.07, 6.45) is 2.12. The topological polar surface area (TPSA) is 29.9 Å². The lowest BCUT2D eigenvalue weighted by Gasteiger charge is -2.05. The van der Waals surface area contributed by atoms with Gasteiger partial charge in [-0.3, -0.25) is 4.68 Å². The lowest BCUT2D eigenvalue weighted by molar-refractivity contribution is 0.618. The second-order valence-electron chi connectivity index (χ2n) is 4.08. The van der Waals surface area contributed by atoms with Crippen LogP contribution in [-0.2, 0) is 13.6 Å². The van der Waals surface area contributed by atoms with Crippen LogP contribution in [0.1, 0.15) is 31.0 Å². The third kappa shape index (κ3) is 3.96. The molecule has 1 N–H and O–H groups in total. The SMILES string of the molecule is Cc1nn(C)c(Cl)c1CNCCCC(C)Cl. The van der Waals surface area contributed by atoms with Gasteiger partial charge in [0.1, 0.15) is 5.15 Å². The van der Waals surface area contributed by atoms with E-state index in [0.29, 0.717) is 0 Å². The van der Waals surface area contributed by atoms with Crippen LogP contribution >= 0.6 is 23.2 Å². The first-order valence-electron chi connectivity index (χ1n) is 5.55. The zero-order chi connectivity index (χ0) is 12.1. The number of alkyl halides is 1. The van der Waals surface area contributed by atoms with E-state index in [1.807, 2.05) is 20.9 Å². The molecule has 1 atom stereocenters. The van der Waals surface area contributed by atoms with Crippen molar-refractivity contribution in [3.63, 3.8) is 0 Å². The quantitative estimate of drug-likeness (QED) is 0.632. The van der Waals surface area contributed by atoms with Gasteiger partial charge in [-0.2, -0.15) is 5.10 Å². The predicted octanol–water partition coefficient (Wildman–Crippen LogP) is 2.88. The molecule has 0 bridgehead atoms. The number of hydrogen-bond acceptors (Lipinski definition) is 2. The Hall–Kier alpha value is -0.250. The summed E-state index contributed by atoms with van der Waals surface area (Å²) in [4.78, 5) is 0. The highest BCUT2D eigenvalue weighted by Crippen LogP contribution is 2.18. The number of nitrogens with one attached hydrogen (secondary N) is 1. The van der Waals surface area contributed by atoms with E-state index in [2.05, 4.69) is 10.4 Å². The highest BCUT2D eigenvalue weighted by atomic mass is 35.5. The minimum Gasteiger partial charge on any atom is -0.312 e. The van der Waals surface area contributed by atoms with E-state index < -0.39 is 0 Å². The van der Waals surface area contributed by atoms with Crippen LogP contribution in [0.2, 0.25) is 5.15 Å². The molecule has 0 radical (unpaired) electrons. The highest BCUT2D eigenvalue weighted by molar-refractivity contribution is 6.30. The molecule has 3 nitrogen and oxygen atoms in total. The van der Waals surface area contributed by atoms with Crippen molar-refractivity contribution in [1.82, 2.24) is 15.1 Å². The molecule has 0 saturated heterocycles. The second-order valence-corrected chi connectivity index (χ2v) is 5.18. The van der Waals surface area contributed by atoms with Crippen molar-refractivity contribution in [2.45, 2.75) is 38.6 Å². The average Bonchev–Trinajstić information content (AvgIpc) is 2.43. The fourth-order valence-corrected chi connectivity index (χ4v) is 1.99. The smallest absolute Gasteiger partial charge is 0.131 e. The third-order valence-corrected chi connectivity index (χ3v) is 3.22. The molecule has 0 aliphatic heterocycles. The summed E-state index contributed by atoms with van der Waals surface area (Å²) < 4.78 is 1.70. The Labute approximate surface area is 107 Å². The predicted molar refractivity (Wildman–Crippen MR) is 69.2 cm³/mol. The van der Waals surface area contributed by atoms with Crippen LogP contribution < -0.4 is 5.32 Å². The Morgan fingerprint density at radius 1 is 1.50 bits per heavy atom. The maximum Gasteiger partial charge on any atom is 0.131 e. The maximum atomic E-state index is 6.12. The van der Waals surface area contributed by atoms with Crippen molar-refractivity contribution in [2.75, 3.05) is 6.54 Å². The summed E-state index contributed by atoms with van der Waals surface area (Å²) in [5, 5.41) is 8.59. The van der Waals surface area contributed by atoms with Gasteiger partial charge in [0.2, 0.25) is 0 Å². The van der Waals surface area contributed by atoms with E-state index >= 15 is 0 Å². The normalized spacial score (nSPS) is 13.1. The average molecular weight is 264 g/mol. The van der Waals surface area contributed by atoms with Gasteiger partial charge in [-0.15, -0.1) is 11.6 Å². The van der Waals surface area contributed by atoms with Crippen LogP contribution in [0.4, 0.5) is 0 Å². The molecule has 0 amide bonds. The molecule has 5 heteroatoms. The zero-order valence-electron chi connectivity index (χ0n) is 10.1. The molecule has 0 spiro atoms. The van der Waals surface area contributed by atoms with Gasteiger partial charge in [-0.25, -0.2) is 0 Å². The van der Waals surface area contributed by atoms with Gasteiger partial charge in [0.25, 0.3) is 0 Å². The molecule has 1 aromatic rings. The van der Waals surface area contributed by atoms with Crippen molar-refractivity contribution >= 4 is 23.2 Å². The van der Waals surface area contributed by atoms with E-state index in [9.17, 15) is 0 Å². The van der Waals surface area contributed by atoms with E-state index in [1.165, 1.54) is 0 Å². The lowest BCUT2D eigenvalue weighted by Crippen LogP contribution is -2.16. The van der Waals surface area contributed by atoms with Crippen LogP contribution in [0, 0.1) is 6.92 Å². The van der Waals surface area contributed by atoms with Gasteiger partial charge < -0.3 is 5.32 Å². The van der Waals surface area contributed by atoms with Crippen LogP contribution in [0.3, 0.4) is 0 Å². The summed E-state index contributed by atoms with van der Waals surface area (Å²) in [7, 11) is 1.86. The van der Waals surface area contributed by atoms with Gasteiger partial charge in [0.05, 0.1) is 5.69 Å². The number of rotatable bonds is 6. The van der Waals surface area contributed by atoms with Gasteiger partial charge >= 0.3 is 0 Å². The number of aryl methyl sites for hydroxylation is 2. The molecule has 0 saturated carbocycles. The molecule has 1 rings (SSSR count). The third-order valence-electron chi connectivity index (χ3n) is 2.53. The van der Waals surface area contributed by atoms with Crippen molar-refractivity contribution in [2.24, 2.45) is 7.05 Å². The van der Waals surface area contributed by atoms with Gasteiger partial charge in [-0.05, 0) is 33.2 Å². The molecular formula is C11H19Cl2N3. The summed E-state index contributed by atoms with van der Waals surface area (Å²) in [6.45, 7) is 5.73. The summed E-state index contributed by atoms with van der Waals surface area (Å²) >= 11 is 12.0. The number of hydrogen-bond donors (Lipinski definition) is 1. The standard InChI is InChI=1S/C11H19Cl2N3/c1-8(12)5-4-6-14-7-10-9(2)15-16(3)11(10)13/h8,14H,4-7H2,1-3H3. The highest BCUT2D eigenvalue weighted by Gasteiger charge is 2.09. The van der Waals surface area contributed by atoms with Crippen LogP contribution in [0.5, 0.6) is 0 Å². The molecule has 1 heterocycles. The van der Waals surface area contributed by atoms with Crippen LogP contribution in [-0.4, -0.2) is 21.7 Å². The van der Waals surface area contributed by atoms with E-state index in [4.69, 9.17) is 23.2 Å². The number of nitrogens with zero attached hydrogens (tertiary/aromatic N) is 2. The minimum absolute atomic E-state index is 0.255. The molecule has 92 valence electrons. The Morgan fingerprint density at radius 3 is 2.69 bits per heavy atom. The van der Waals surface area contributed by atoms with Gasteiger partial charge in [0, 0.05) is 24.5 Å². The molecule has 16 heavy (non-hydrogen) atoms. The molecule has 0 aromatic carbocycles. The Bertz CT molecular complexity index is 334. The number of aromatic nitrogens is 2. The Morgan fingerprint density at radius 2 is 2.19 bits per heavy atom. The van der Waals surface area contributed by atoms with Gasteiger partial charge in [0.15, 0.2) is 0 Å². The maximum absolute atomic E-state index is 6.12. The van der Waals surface area contributed by atoms with Crippen molar-refractivity contribution in [3.05, 3.63) is 16.4 Å². The summed E-state index contributed by atoms with van der Waals surface area (Å²) in [5.41, 5.74) is 2.08. The first-order chi connectivity index (χ1) is 7.52. The minimum atomic E-state index is 0.255. The van der Waals surface area contributed by atoms with Crippen molar-refractivity contribution < 1.29 is 0 Å². The fraction of sp³-hybridized carbons (Fsp3) is 0.727. The van der Waals surface area contributed by atoms with Crippen molar-refractivity contribution in [3.8, 4) is 0 Å². The van der Waals surface area contributed by atoms with Crippen LogP contribution in [0.25, 0.3) is 0 Å². The van der Waals surface area contributed by atoms with E-state index in [-0.39, 0.29) is 5.38 Å². The molecule has 0 fully saturated rings. The molecule has 0 aliphatic carbocycles. The Kier molecular flexibility index (Phi) is 5.59. The van der Waals surface area contributed by atoms with Crippen LogP contribution in [0.15, 0.2) is 0 Å². The lowest BCUT2D eigenvalue weighted by atomic mass is 10.2. The molecular weight excluding hydrogens is 245 g/mol. The van der Waals surface area contributed by atoms with Gasteiger partial charge in [-0.1, -0.05) is 11.6 Å². The second kappa shape index (κ2) is 6.48. The van der Waals surface area contributed by atoms with E-state index in [1.54, 1.807) is 4.68 Å². The number of halogens is 2. The summed E-state index contributed by atoms with van der Waals surface area (Å²) in [6, 6.07) is 0. The fourth-order valence-electron chi connectivity index (χ4n) is 1.60. The Balaban J connectivity index is 2.32.